The molecule has 7 atom stereocenters. The van der Waals surface area contributed by atoms with Gasteiger partial charge in [-0.1, -0.05) is 251 Å². The van der Waals surface area contributed by atoms with Gasteiger partial charge in [-0.15, -0.1) is 0 Å². The molecule has 1 saturated heterocycles. The number of rotatable bonds is 46. The molecule has 0 aliphatic carbocycles. The highest BCUT2D eigenvalue weighted by atomic mass is 16.7. The topological polar surface area (TPSA) is 149 Å². The molecule has 1 amide bonds. The Bertz CT molecular complexity index is 924. The van der Waals surface area contributed by atoms with Crippen molar-refractivity contribution >= 4 is 5.91 Å². The van der Waals surface area contributed by atoms with Crippen LogP contribution in [-0.2, 0) is 14.3 Å². The van der Waals surface area contributed by atoms with Gasteiger partial charge in [-0.25, -0.2) is 0 Å². The molecule has 0 saturated carbocycles. The van der Waals surface area contributed by atoms with E-state index in [4.69, 9.17) is 9.47 Å². The fourth-order valence-corrected chi connectivity index (χ4v) is 8.93. The summed E-state index contributed by atoms with van der Waals surface area (Å²) in [4.78, 5) is 12.8. The number of hydrogen-bond acceptors (Lipinski definition) is 8. The Kier molecular flexibility index (Phi) is 41.1. The second-order valence-electron chi connectivity index (χ2n) is 19.0. The zero-order chi connectivity index (χ0) is 44.4. The molecule has 1 rings (SSSR count). The van der Waals surface area contributed by atoms with E-state index >= 15 is 0 Å². The summed E-state index contributed by atoms with van der Waals surface area (Å²) in [5.74, 6) is -0.154. The van der Waals surface area contributed by atoms with Crippen LogP contribution in [0.5, 0.6) is 0 Å². The molecule has 0 aromatic carbocycles. The van der Waals surface area contributed by atoms with Crippen molar-refractivity contribution < 1.29 is 39.8 Å². The van der Waals surface area contributed by atoms with E-state index in [1.807, 2.05) is 0 Å². The predicted octanol–water partition coefficient (Wildman–Crippen LogP) is 12.3. The van der Waals surface area contributed by atoms with Crippen molar-refractivity contribution in [3.63, 3.8) is 0 Å². The van der Waals surface area contributed by atoms with Gasteiger partial charge in [0.25, 0.3) is 0 Å². The fourth-order valence-electron chi connectivity index (χ4n) is 8.93. The van der Waals surface area contributed by atoms with Gasteiger partial charge in [0.1, 0.15) is 24.4 Å². The van der Waals surface area contributed by atoms with Gasteiger partial charge in [-0.3, -0.25) is 4.79 Å². The number of unbranched alkanes of at least 4 members (excludes halogenated alkanes) is 36. The maximum atomic E-state index is 12.8. The van der Waals surface area contributed by atoms with E-state index < -0.39 is 49.5 Å². The molecule has 1 aliphatic rings. The lowest BCUT2D eigenvalue weighted by Crippen LogP contribution is -2.60. The van der Waals surface area contributed by atoms with Gasteiger partial charge in [0.05, 0.1) is 25.4 Å². The van der Waals surface area contributed by atoms with Gasteiger partial charge in [0, 0.05) is 6.42 Å². The minimum absolute atomic E-state index is 0.134. The lowest BCUT2D eigenvalue weighted by atomic mass is 9.99. The molecule has 9 heteroatoms. The molecule has 6 N–H and O–H groups in total. The first-order valence-electron chi connectivity index (χ1n) is 26.7. The van der Waals surface area contributed by atoms with E-state index in [0.717, 1.165) is 51.4 Å². The zero-order valence-electron chi connectivity index (χ0n) is 40.2. The third kappa shape index (κ3) is 33.3. The van der Waals surface area contributed by atoms with E-state index in [0.29, 0.717) is 12.8 Å². The van der Waals surface area contributed by atoms with Gasteiger partial charge in [-0.2, -0.15) is 0 Å². The SMILES string of the molecule is CCCCCCCCCCCCCCCCCCCCCCCCCCCCCCCCCCCC(O)C(COC1OC(CO)C(O)C(O)C1O)NC(=O)CCCCCCC. The molecule has 0 bridgehead atoms. The molecule has 1 fully saturated rings. The fraction of sp³-hybridized carbons (Fsp3) is 0.981. The predicted molar refractivity (Wildman–Crippen MR) is 254 cm³/mol. The summed E-state index contributed by atoms with van der Waals surface area (Å²) in [6.07, 6.45) is 43.5. The van der Waals surface area contributed by atoms with Crippen LogP contribution in [0.15, 0.2) is 0 Å². The van der Waals surface area contributed by atoms with Crippen molar-refractivity contribution in [3.05, 3.63) is 0 Å². The van der Waals surface area contributed by atoms with Crippen molar-refractivity contribution in [1.29, 1.82) is 0 Å². The molecule has 61 heavy (non-hydrogen) atoms. The van der Waals surface area contributed by atoms with Crippen LogP contribution in [0.2, 0.25) is 0 Å². The molecule has 1 heterocycles. The average Bonchev–Trinajstić information content (AvgIpc) is 3.26. The van der Waals surface area contributed by atoms with E-state index in [2.05, 4.69) is 19.2 Å². The number of carbonyl (C=O) groups excluding carboxylic acids is 1. The first-order valence-corrected chi connectivity index (χ1v) is 26.7. The van der Waals surface area contributed by atoms with Gasteiger partial charge in [0.15, 0.2) is 6.29 Å². The van der Waals surface area contributed by atoms with Crippen LogP contribution in [0.1, 0.15) is 271 Å². The number of hydrogen-bond donors (Lipinski definition) is 6. The van der Waals surface area contributed by atoms with Crippen LogP contribution in [0.4, 0.5) is 0 Å². The summed E-state index contributed by atoms with van der Waals surface area (Å²) in [6.45, 7) is 3.77. The second kappa shape index (κ2) is 43.1. The molecule has 0 aromatic rings. The lowest BCUT2D eigenvalue weighted by Gasteiger charge is -2.40. The normalized spacial score (nSPS) is 20.3. The second-order valence-corrected chi connectivity index (χ2v) is 19.0. The standard InChI is InChI=1S/C52H103NO8/c1-3-5-7-9-10-11-12-13-14-15-16-17-18-19-20-21-22-23-24-25-26-27-28-29-30-31-32-33-34-35-36-38-39-41-46(55)45(53-48(56)42-40-37-8-6-4-2)44-60-52-51(59)50(58)49(57)47(43-54)61-52/h45-47,49-52,54-55,57-59H,3-44H2,1-2H3,(H,53,56). The zero-order valence-corrected chi connectivity index (χ0v) is 40.2. The Balaban J connectivity index is 1.99. The Labute approximate surface area is 376 Å². The molecular weight excluding hydrogens is 767 g/mol. The van der Waals surface area contributed by atoms with Crippen LogP contribution < -0.4 is 5.32 Å². The molecular formula is C52H103NO8. The van der Waals surface area contributed by atoms with Gasteiger partial charge >= 0.3 is 0 Å². The minimum atomic E-state index is -1.55. The largest absolute Gasteiger partial charge is 0.394 e. The number of nitrogens with one attached hydrogen (secondary N) is 1. The first-order chi connectivity index (χ1) is 29.8. The summed E-state index contributed by atoms with van der Waals surface area (Å²) < 4.78 is 11.2. The molecule has 1 aliphatic heterocycles. The summed E-state index contributed by atoms with van der Waals surface area (Å²) >= 11 is 0. The van der Waals surface area contributed by atoms with Crippen molar-refractivity contribution in [2.75, 3.05) is 13.2 Å². The summed E-state index contributed by atoms with van der Waals surface area (Å²) in [5, 5.41) is 54.1. The number of amides is 1. The van der Waals surface area contributed by atoms with Crippen LogP contribution >= 0.6 is 0 Å². The quantitative estimate of drug-likeness (QED) is 0.0331. The Morgan fingerprint density at radius 2 is 0.820 bits per heavy atom. The number of ether oxygens (including phenoxy) is 2. The summed E-state index contributed by atoms with van der Waals surface area (Å²) in [6, 6.07) is -0.709. The minimum Gasteiger partial charge on any atom is -0.394 e. The van der Waals surface area contributed by atoms with Crippen molar-refractivity contribution in [2.24, 2.45) is 0 Å². The number of aliphatic hydroxyl groups is 5. The summed E-state index contributed by atoms with van der Waals surface area (Å²) in [7, 11) is 0. The van der Waals surface area contributed by atoms with Crippen molar-refractivity contribution in [3.8, 4) is 0 Å². The Hall–Kier alpha value is -0.810. The van der Waals surface area contributed by atoms with Crippen molar-refractivity contribution in [2.45, 2.75) is 314 Å². The lowest BCUT2D eigenvalue weighted by molar-refractivity contribution is -0.302. The van der Waals surface area contributed by atoms with Gasteiger partial charge in [0.2, 0.25) is 5.91 Å². The monoisotopic (exact) mass is 870 g/mol. The first kappa shape index (κ1) is 58.2. The highest BCUT2D eigenvalue weighted by molar-refractivity contribution is 5.76. The third-order valence-electron chi connectivity index (χ3n) is 13.2. The number of aliphatic hydroxyl groups excluding tert-OH is 5. The van der Waals surface area contributed by atoms with Crippen LogP contribution in [0, 0.1) is 0 Å². The van der Waals surface area contributed by atoms with Crippen LogP contribution in [0.3, 0.4) is 0 Å². The average molecular weight is 870 g/mol. The maximum absolute atomic E-state index is 12.8. The molecule has 7 unspecified atom stereocenters. The molecule has 0 spiro atoms. The third-order valence-corrected chi connectivity index (χ3v) is 13.2. The van der Waals surface area contributed by atoms with E-state index in [-0.39, 0.29) is 12.5 Å². The Morgan fingerprint density at radius 3 is 1.16 bits per heavy atom. The van der Waals surface area contributed by atoms with E-state index in [1.165, 1.54) is 193 Å². The Morgan fingerprint density at radius 1 is 0.492 bits per heavy atom. The highest BCUT2D eigenvalue weighted by Gasteiger charge is 2.44. The van der Waals surface area contributed by atoms with Gasteiger partial charge < -0.3 is 40.3 Å². The van der Waals surface area contributed by atoms with Crippen LogP contribution in [0.25, 0.3) is 0 Å². The maximum Gasteiger partial charge on any atom is 0.220 e. The van der Waals surface area contributed by atoms with Gasteiger partial charge in [-0.05, 0) is 12.8 Å². The van der Waals surface area contributed by atoms with E-state index in [9.17, 15) is 30.3 Å². The van der Waals surface area contributed by atoms with Crippen molar-refractivity contribution in [1.82, 2.24) is 5.32 Å². The molecule has 364 valence electrons. The van der Waals surface area contributed by atoms with Crippen LogP contribution in [-0.4, -0.2) is 87.5 Å². The number of carbonyl (C=O) groups is 1. The molecule has 0 aromatic heterocycles. The highest BCUT2D eigenvalue weighted by Crippen LogP contribution is 2.23. The van der Waals surface area contributed by atoms with E-state index in [1.54, 1.807) is 0 Å². The molecule has 9 nitrogen and oxygen atoms in total. The molecule has 0 radical (unpaired) electrons. The summed E-state index contributed by atoms with van der Waals surface area (Å²) in [5.41, 5.74) is 0. The smallest absolute Gasteiger partial charge is 0.220 e.